The van der Waals surface area contributed by atoms with Gasteiger partial charge >= 0.3 is 0 Å². The standard InChI is InChI=1S/C25H41N5O/c1-3-27-25(30-15-9-10-20(18-30)16-24(26)31)28-17-21-11-7-8-12-22(21)19-29(2)23-13-5-4-6-14-23/h7-8,11-12,20,23H,3-6,9-10,13-19H2,1-2H3,(H2,26,31)(H,27,28). The number of benzene rings is 1. The molecular weight excluding hydrogens is 386 g/mol. The molecule has 1 amide bonds. The summed E-state index contributed by atoms with van der Waals surface area (Å²) in [6.45, 7) is 6.43. The van der Waals surface area contributed by atoms with Crippen molar-refractivity contribution in [2.75, 3.05) is 26.7 Å². The van der Waals surface area contributed by atoms with Crippen molar-refractivity contribution in [3.05, 3.63) is 35.4 Å². The molecule has 0 radical (unpaired) electrons. The Morgan fingerprint density at radius 1 is 1.16 bits per heavy atom. The molecule has 0 aromatic heterocycles. The Bertz CT molecular complexity index is 728. The molecule has 1 unspecified atom stereocenters. The minimum Gasteiger partial charge on any atom is -0.370 e. The molecular formula is C25H41N5O. The molecule has 1 heterocycles. The van der Waals surface area contributed by atoms with Gasteiger partial charge in [0.15, 0.2) is 5.96 Å². The summed E-state index contributed by atoms with van der Waals surface area (Å²) in [5, 5.41) is 3.46. The molecule has 0 bridgehead atoms. The van der Waals surface area contributed by atoms with Gasteiger partial charge in [0, 0.05) is 38.6 Å². The maximum atomic E-state index is 11.4. The van der Waals surface area contributed by atoms with Gasteiger partial charge in [-0.25, -0.2) is 4.99 Å². The van der Waals surface area contributed by atoms with Crippen LogP contribution in [0.25, 0.3) is 0 Å². The fraction of sp³-hybridized carbons (Fsp3) is 0.680. The van der Waals surface area contributed by atoms with Crippen molar-refractivity contribution in [1.29, 1.82) is 0 Å². The Balaban J connectivity index is 1.67. The SMILES string of the molecule is CCNC(=NCc1ccccc1CN(C)C1CCCCC1)N1CCCC(CC(N)=O)C1. The number of piperidine rings is 1. The van der Waals surface area contributed by atoms with E-state index in [0.717, 1.165) is 45.0 Å². The van der Waals surface area contributed by atoms with Gasteiger partial charge in [-0.05, 0) is 56.7 Å². The van der Waals surface area contributed by atoms with E-state index in [2.05, 4.69) is 53.4 Å². The van der Waals surface area contributed by atoms with Crippen LogP contribution in [0.15, 0.2) is 29.3 Å². The van der Waals surface area contributed by atoms with Crippen molar-refractivity contribution >= 4 is 11.9 Å². The summed E-state index contributed by atoms with van der Waals surface area (Å²) in [6.07, 6.45) is 9.36. The van der Waals surface area contributed by atoms with E-state index in [1.807, 2.05) is 0 Å². The molecule has 6 heteroatoms. The molecule has 172 valence electrons. The summed E-state index contributed by atoms with van der Waals surface area (Å²) in [5.41, 5.74) is 8.11. The fourth-order valence-corrected chi connectivity index (χ4v) is 5.08. The number of carbonyl (C=O) groups is 1. The smallest absolute Gasteiger partial charge is 0.217 e. The van der Waals surface area contributed by atoms with Gasteiger partial charge in [0.1, 0.15) is 0 Å². The van der Waals surface area contributed by atoms with Crippen molar-refractivity contribution in [2.45, 2.75) is 77.4 Å². The number of likely N-dealkylation sites (tertiary alicyclic amines) is 1. The normalized spacial score (nSPS) is 20.8. The minimum absolute atomic E-state index is 0.204. The lowest BCUT2D eigenvalue weighted by atomic mass is 9.94. The lowest BCUT2D eigenvalue weighted by molar-refractivity contribution is -0.119. The van der Waals surface area contributed by atoms with Crippen LogP contribution >= 0.6 is 0 Å². The van der Waals surface area contributed by atoms with E-state index >= 15 is 0 Å². The number of guanidine groups is 1. The van der Waals surface area contributed by atoms with Crippen LogP contribution in [0.5, 0.6) is 0 Å². The van der Waals surface area contributed by atoms with Gasteiger partial charge in [0.05, 0.1) is 6.54 Å². The fourth-order valence-electron chi connectivity index (χ4n) is 5.08. The number of nitrogens with one attached hydrogen (secondary N) is 1. The lowest BCUT2D eigenvalue weighted by Crippen LogP contribution is -2.47. The van der Waals surface area contributed by atoms with Crippen LogP contribution in [0, 0.1) is 5.92 Å². The number of hydrogen-bond acceptors (Lipinski definition) is 3. The summed E-state index contributed by atoms with van der Waals surface area (Å²) < 4.78 is 0. The topological polar surface area (TPSA) is 74.0 Å². The van der Waals surface area contributed by atoms with Gasteiger partial charge in [0.25, 0.3) is 0 Å². The van der Waals surface area contributed by atoms with Crippen molar-refractivity contribution in [1.82, 2.24) is 15.1 Å². The molecule has 2 aliphatic rings. The molecule has 2 fully saturated rings. The Kier molecular flexibility index (Phi) is 9.19. The van der Waals surface area contributed by atoms with Gasteiger partial charge in [-0.3, -0.25) is 9.69 Å². The lowest BCUT2D eigenvalue weighted by Gasteiger charge is -2.34. The first-order chi connectivity index (χ1) is 15.1. The van der Waals surface area contributed by atoms with E-state index in [-0.39, 0.29) is 5.91 Å². The number of nitrogens with two attached hydrogens (primary N) is 1. The van der Waals surface area contributed by atoms with Crippen LogP contribution in [-0.4, -0.2) is 54.4 Å². The average molecular weight is 428 g/mol. The summed E-state index contributed by atoms with van der Waals surface area (Å²) in [5.74, 6) is 1.07. The van der Waals surface area contributed by atoms with Crippen LogP contribution in [-0.2, 0) is 17.9 Å². The van der Waals surface area contributed by atoms with E-state index in [4.69, 9.17) is 10.7 Å². The summed E-state index contributed by atoms with van der Waals surface area (Å²) >= 11 is 0. The van der Waals surface area contributed by atoms with Crippen LogP contribution < -0.4 is 11.1 Å². The van der Waals surface area contributed by atoms with Gasteiger partial charge < -0.3 is 16.0 Å². The first-order valence-electron chi connectivity index (χ1n) is 12.2. The number of primary amides is 1. The Hall–Kier alpha value is -2.08. The van der Waals surface area contributed by atoms with E-state index in [1.165, 1.54) is 43.2 Å². The summed E-state index contributed by atoms with van der Waals surface area (Å²) in [6, 6.07) is 9.43. The highest BCUT2D eigenvalue weighted by molar-refractivity contribution is 5.80. The Labute approximate surface area is 188 Å². The quantitative estimate of drug-likeness (QED) is 0.492. The third-order valence-corrected chi connectivity index (χ3v) is 6.78. The number of rotatable bonds is 8. The molecule has 6 nitrogen and oxygen atoms in total. The molecule has 3 N–H and O–H groups in total. The Morgan fingerprint density at radius 3 is 2.61 bits per heavy atom. The van der Waals surface area contributed by atoms with Gasteiger partial charge in [-0.2, -0.15) is 0 Å². The molecule has 31 heavy (non-hydrogen) atoms. The van der Waals surface area contributed by atoms with Crippen LogP contribution in [0.3, 0.4) is 0 Å². The second-order valence-corrected chi connectivity index (χ2v) is 9.27. The zero-order valence-corrected chi connectivity index (χ0v) is 19.5. The molecule has 1 atom stereocenters. The third-order valence-electron chi connectivity index (χ3n) is 6.78. The number of amides is 1. The molecule has 1 aromatic carbocycles. The largest absolute Gasteiger partial charge is 0.370 e. The highest BCUT2D eigenvalue weighted by atomic mass is 16.1. The maximum absolute atomic E-state index is 11.4. The summed E-state index contributed by atoms with van der Waals surface area (Å²) in [7, 11) is 2.27. The van der Waals surface area contributed by atoms with Gasteiger partial charge in [-0.1, -0.05) is 43.5 Å². The predicted octanol–water partition coefficient (Wildman–Crippen LogP) is 3.50. The molecule has 1 aromatic rings. The minimum atomic E-state index is -0.204. The molecule has 0 spiro atoms. The number of hydrogen-bond donors (Lipinski definition) is 2. The Morgan fingerprint density at radius 2 is 1.90 bits per heavy atom. The van der Waals surface area contributed by atoms with E-state index in [9.17, 15) is 4.79 Å². The van der Waals surface area contributed by atoms with Crippen LogP contribution in [0.2, 0.25) is 0 Å². The number of aliphatic imine (C=N–C) groups is 1. The van der Waals surface area contributed by atoms with Gasteiger partial charge in [-0.15, -0.1) is 0 Å². The average Bonchev–Trinajstić information content (AvgIpc) is 2.78. The second-order valence-electron chi connectivity index (χ2n) is 9.27. The van der Waals surface area contributed by atoms with Crippen molar-refractivity contribution in [3.8, 4) is 0 Å². The maximum Gasteiger partial charge on any atom is 0.217 e. The van der Waals surface area contributed by atoms with Crippen molar-refractivity contribution in [2.24, 2.45) is 16.6 Å². The highest BCUT2D eigenvalue weighted by Crippen LogP contribution is 2.24. The first-order valence-corrected chi connectivity index (χ1v) is 12.2. The number of carbonyl (C=O) groups excluding carboxylic acids is 1. The molecule has 1 aliphatic carbocycles. The molecule has 3 rings (SSSR count). The second kappa shape index (κ2) is 12.1. The third kappa shape index (κ3) is 7.23. The first kappa shape index (κ1) is 23.6. The van der Waals surface area contributed by atoms with Gasteiger partial charge in [0.2, 0.25) is 5.91 Å². The van der Waals surface area contributed by atoms with Crippen LogP contribution in [0.4, 0.5) is 0 Å². The monoisotopic (exact) mass is 427 g/mol. The molecule has 1 saturated carbocycles. The van der Waals surface area contributed by atoms with Crippen LogP contribution in [0.1, 0.15) is 69.4 Å². The summed E-state index contributed by atoms with van der Waals surface area (Å²) in [4.78, 5) is 21.2. The zero-order chi connectivity index (χ0) is 22.1. The van der Waals surface area contributed by atoms with E-state index < -0.39 is 0 Å². The highest BCUT2D eigenvalue weighted by Gasteiger charge is 2.24. The molecule has 1 aliphatic heterocycles. The molecule has 1 saturated heterocycles. The van der Waals surface area contributed by atoms with E-state index in [0.29, 0.717) is 24.9 Å². The van der Waals surface area contributed by atoms with Crippen molar-refractivity contribution in [3.63, 3.8) is 0 Å². The van der Waals surface area contributed by atoms with E-state index in [1.54, 1.807) is 0 Å². The number of nitrogens with zero attached hydrogens (tertiary/aromatic N) is 3. The zero-order valence-electron chi connectivity index (χ0n) is 19.5. The predicted molar refractivity (Wildman–Crippen MR) is 128 cm³/mol. The van der Waals surface area contributed by atoms with Crippen molar-refractivity contribution < 1.29 is 4.79 Å².